The molecule has 0 spiro atoms. The van der Waals surface area contributed by atoms with Gasteiger partial charge in [0, 0.05) is 88.1 Å². The van der Waals surface area contributed by atoms with Crippen molar-refractivity contribution in [3.05, 3.63) is 0 Å². The number of rotatable bonds is 16. The lowest BCUT2D eigenvalue weighted by molar-refractivity contribution is -0.141. The van der Waals surface area contributed by atoms with Gasteiger partial charge in [-0.1, -0.05) is 41.5 Å². The Kier molecular flexibility index (Phi) is 13.5. The molecule has 284 valence electrons. The number of imide groups is 3. The second-order valence-corrected chi connectivity index (χ2v) is 15.7. The SMILES string of the molecule is CC(C)C1CC(=O)N(CCNC(=O)[C@@H]2C[C@H](C(=O)NCCN3C(=O)CC(C(C)C)C3=O)C[C@H](C(O)NCCN3C(=O)CC(C(C)C)C3=O)C2)C1=O. The molecule has 3 saturated heterocycles. The molecule has 1 saturated carbocycles. The smallest absolute Gasteiger partial charge is 0.233 e. The molecule has 0 radical (unpaired) electrons. The van der Waals surface area contributed by atoms with Crippen molar-refractivity contribution in [2.75, 3.05) is 39.3 Å². The first-order valence-corrected chi connectivity index (χ1v) is 18.5. The van der Waals surface area contributed by atoms with Crippen LogP contribution in [0.25, 0.3) is 0 Å². The van der Waals surface area contributed by atoms with Crippen molar-refractivity contribution in [3.8, 4) is 0 Å². The molecule has 0 bridgehead atoms. The number of nitrogens with one attached hydrogen (secondary N) is 3. The van der Waals surface area contributed by atoms with E-state index < -0.39 is 24.0 Å². The van der Waals surface area contributed by atoms with Gasteiger partial charge in [0.05, 0.1) is 0 Å². The minimum atomic E-state index is -1.15. The number of carbonyl (C=O) groups excluding carboxylic acids is 8. The Labute approximate surface area is 300 Å². The zero-order valence-electron chi connectivity index (χ0n) is 30.8. The van der Waals surface area contributed by atoms with Crippen LogP contribution in [0.15, 0.2) is 0 Å². The van der Waals surface area contributed by atoms with E-state index in [2.05, 4.69) is 16.0 Å². The molecule has 4 unspecified atom stereocenters. The second kappa shape index (κ2) is 17.2. The van der Waals surface area contributed by atoms with Crippen molar-refractivity contribution in [2.24, 2.45) is 53.3 Å². The van der Waals surface area contributed by atoms with Crippen LogP contribution in [0.2, 0.25) is 0 Å². The third kappa shape index (κ3) is 9.39. The third-order valence-corrected chi connectivity index (χ3v) is 11.1. The molecule has 1 aliphatic carbocycles. The van der Waals surface area contributed by atoms with Gasteiger partial charge in [-0.2, -0.15) is 0 Å². The summed E-state index contributed by atoms with van der Waals surface area (Å²) in [5.41, 5.74) is 0. The average molecular weight is 717 g/mol. The molecule has 0 aromatic carbocycles. The predicted molar refractivity (Wildman–Crippen MR) is 183 cm³/mol. The van der Waals surface area contributed by atoms with E-state index in [1.54, 1.807) is 0 Å². The van der Waals surface area contributed by atoms with Gasteiger partial charge in [-0.05, 0) is 42.9 Å². The van der Waals surface area contributed by atoms with Crippen molar-refractivity contribution in [3.63, 3.8) is 0 Å². The molecule has 3 aliphatic heterocycles. The molecule has 8 amide bonds. The van der Waals surface area contributed by atoms with Crippen molar-refractivity contribution < 1.29 is 43.5 Å². The van der Waals surface area contributed by atoms with Crippen LogP contribution in [0, 0.1) is 53.3 Å². The highest BCUT2D eigenvalue weighted by molar-refractivity contribution is 6.05. The Morgan fingerprint density at radius 1 is 0.588 bits per heavy atom. The molecular formula is C36H56N6O9. The lowest BCUT2D eigenvalue weighted by Crippen LogP contribution is -2.49. The van der Waals surface area contributed by atoms with E-state index in [0.717, 1.165) is 0 Å². The summed E-state index contributed by atoms with van der Waals surface area (Å²) in [5, 5.41) is 19.8. The van der Waals surface area contributed by atoms with Gasteiger partial charge in [0.25, 0.3) is 0 Å². The van der Waals surface area contributed by atoms with E-state index in [9.17, 15) is 43.5 Å². The van der Waals surface area contributed by atoms with E-state index in [-0.39, 0.29) is 161 Å². The first-order valence-electron chi connectivity index (χ1n) is 18.5. The average Bonchev–Trinajstić information content (AvgIpc) is 3.65. The molecule has 4 N–H and O–H groups in total. The normalized spacial score (nSPS) is 27.9. The summed E-state index contributed by atoms with van der Waals surface area (Å²) in [4.78, 5) is 106. The Bertz CT molecular complexity index is 1310. The first-order chi connectivity index (χ1) is 24.0. The van der Waals surface area contributed by atoms with Crippen LogP contribution < -0.4 is 16.0 Å². The fraction of sp³-hybridized carbons (Fsp3) is 0.778. The van der Waals surface area contributed by atoms with Gasteiger partial charge >= 0.3 is 0 Å². The van der Waals surface area contributed by atoms with Crippen molar-refractivity contribution >= 4 is 47.3 Å². The molecule has 0 aromatic heterocycles. The standard InChI is InChI=1S/C36H56N6O9/c1-19(2)25-16-28(43)40(34(25)49)10-7-37-31(46)22-13-23(32(47)38-8-11-41-29(44)17-26(20(3)4)35(41)50)15-24(14-22)33(48)39-9-12-42-30(45)18-27(21(5)6)36(42)51/h19-27,31,37,46H,7-18H2,1-6H3,(H,38,47)(H,39,48)/t22-,23+,24-,25?,26?,27?,31?. The summed E-state index contributed by atoms with van der Waals surface area (Å²) < 4.78 is 0. The number of hydrogen-bond acceptors (Lipinski definition) is 10. The van der Waals surface area contributed by atoms with Crippen molar-refractivity contribution in [1.82, 2.24) is 30.7 Å². The maximum absolute atomic E-state index is 13.4. The monoisotopic (exact) mass is 716 g/mol. The first kappa shape index (κ1) is 40.1. The highest BCUT2D eigenvalue weighted by Crippen LogP contribution is 2.36. The summed E-state index contributed by atoms with van der Waals surface area (Å²) in [6.45, 7) is 11.7. The van der Waals surface area contributed by atoms with Crippen LogP contribution in [0.5, 0.6) is 0 Å². The summed E-state index contributed by atoms with van der Waals surface area (Å²) >= 11 is 0. The molecule has 0 aromatic rings. The van der Waals surface area contributed by atoms with E-state index in [1.165, 1.54) is 14.7 Å². The molecular weight excluding hydrogens is 660 g/mol. The Morgan fingerprint density at radius 3 is 1.24 bits per heavy atom. The van der Waals surface area contributed by atoms with E-state index in [1.807, 2.05) is 41.5 Å². The van der Waals surface area contributed by atoms with Gasteiger partial charge in [-0.3, -0.25) is 58.4 Å². The molecule has 4 fully saturated rings. The lowest BCUT2D eigenvalue weighted by atomic mass is 9.73. The third-order valence-electron chi connectivity index (χ3n) is 11.1. The second-order valence-electron chi connectivity index (χ2n) is 15.7. The van der Waals surface area contributed by atoms with Crippen molar-refractivity contribution in [2.45, 2.75) is 86.3 Å². The Balaban J connectivity index is 1.36. The number of carbonyl (C=O) groups is 8. The summed E-state index contributed by atoms with van der Waals surface area (Å²) in [6, 6.07) is 0. The van der Waals surface area contributed by atoms with Crippen LogP contribution >= 0.6 is 0 Å². The van der Waals surface area contributed by atoms with E-state index in [0.29, 0.717) is 0 Å². The summed E-state index contributed by atoms with van der Waals surface area (Å²) in [6.07, 6.45) is -0.0319. The quantitative estimate of drug-likeness (QED) is 0.127. The van der Waals surface area contributed by atoms with Crippen LogP contribution in [0.3, 0.4) is 0 Å². The molecule has 4 rings (SSSR count). The van der Waals surface area contributed by atoms with E-state index in [4.69, 9.17) is 0 Å². The number of likely N-dealkylation sites (tertiary alicyclic amines) is 3. The highest BCUT2D eigenvalue weighted by Gasteiger charge is 2.43. The van der Waals surface area contributed by atoms with Gasteiger partial charge in [0.15, 0.2) is 0 Å². The topological polar surface area (TPSA) is 203 Å². The number of hydrogen-bond donors (Lipinski definition) is 4. The van der Waals surface area contributed by atoms with Gasteiger partial charge < -0.3 is 15.7 Å². The Hall–Kier alpha value is -3.72. The van der Waals surface area contributed by atoms with Gasteiger partial charge in [-0.25, -0.2) is 0 Å². The molecule has 15 nitrogen and oxygen atoms in total. The lowest BCUT2D eigenvalue weighted by Gasteiger charge is -2.36. The number of aliphatic hydroxyl groups is 1. The number of amides is 8. The maximum atomic E-state index is 13.4. The van der Waals surface area contributed by atoms with Crippen LogP contribution in [-0.2, 0) is 38.4 Å². The largest absolute Gasteiger partial charge is 0.378 e. The summed E-state index contributed by atoms with van der Waals surface area (Å²) in [7, 11) is 0. The number of nitrogens with zero attached hydrogens (tertiary/aromatic N) is 3. The maximum Gasteiger partial charge on any atom is 0.233 e. The predicted octanol–water partition coefficient (Wildman–Crippen LogP) is 0.253. The minimum Gasteiger partial charge on any atom is -0.378 e. The van der Waals surface area contributed by atoms with E-state index >= 15 is 0 Å². The zero-order chi connectivity index (χ0) is 37.7. The fourth-order valence-corrected chi connectivity index (χ4v) is 7.80. The molecule has 3 heterocycles. The van der Waals surface area contributed by atoms with Crippen LogP contribution in [0.1, 0.15) is 80.1 Å². The minimum absolute atomic E-state index is 0.0184. The number of aliphatic hydroxyl groups excluding tert-OH is 1. The van der Waals surface area contributed by atoms with Crippen LogP contribution in [0.4, 0.5) is 0 Å². The van der Waals surface area contributed by atoms with Gasteiger partial charge in [0.2, 0.25) is 47.3 Å². The summed E-state index contributed by atoms with van der Waals surface area (Å²) in [5.74, 6) is -5.21. The fourth-order valence-electron chi connectivity index (χ4n) is 7.80. The molecule has 51 heavy (non-hydrogen) atoms. The zero-order valence-corrected chi connectivity index (χ0v) is 30.8. The molecule has 4 aliphatic rings. The van der Waals surface area contributed by atoms with Gasteiger partial charge in [-0.15, -0.1) is 0 Å². The van der Waals surface area contributed by atoms with Gasteiger partial charge in [0.1, 0.15) is 6.23 Å². The Morgan fingerprint density at radius 2 is 0.922 bits per heavy atom. The van der Waals surface area contributed by atoms with Crippen molar-refractivity contribution in [1.29, 1.82) is 0 Å². The molecule has 15 heteroatoms. The van der Waals surface area contributed by atoms with Crippen LogP contribution in [-0.4, -0.2) is 113 Å². The molecule has 7 atom stereocenters. The highest BCUT2D eigenvalue weighted by atomic mass is 16.3.